The average Bonchev–Trinajstić information content (AvgIpc) is 2.86. The number of hydrogen-bond acceptors (Lipinski definition) is 3. The molecule has 0 amide bonds. The Labute approximate surface area is 108 Å². The van der Waals surface area contributed by atoms with Crippen molar-refractivity contribution in [3.63, 3.8) is 0 Å². The van der Waals surface area contributed by atoms with Crippen LogP contribution < -0.4 is 0 Å². The van der Waals surface area contributed by atoms with Gasteiger partial charge >= 0.3 is 0 Å². The zero-order valence-corrected chi connectivity index (χ0v) is 10.7. The van der Waals surface area contributed by atoms with E-state index in [0.717, 1.165) is 32.5 Å². The van der Waals surface area contributed by atoms with Crippen molar-refractivity contribution in [3.05, 3.63) is 35.4 Å². The molecule has 0 saturated carbocycles. The fourth-order valence-electron chi connectivity index (χ4n) is 3.18. The van der Waals surface area contributed by atoms with Gasteiger partial charge in [-0.05, 0) is 36.9 Å². The number of aliphatic hydroxyl groups is 1. The molecule has 2 heterocycles. The Balaban J connectivity index is 1.74. The standard InChI is InChI=1S/C15H21NO2/c17-11-13-5-3-8-16(13)10-15-14-6-2-1-4-12(14)7-9-18-15/h1-2,4,6,13,15,17H,3,5,7-11H2. The number of likely N-dealkylation sites (tertiary alicyclic amines) is 1. The summed E-state index contributed by atoms with van der Waals surface area (Å²) in [5.41, 5.74) is 2.76. The Bertz CT molecular complexity index is 407. The normalized spacial score (nSPS) is 28.3. The second-order valence-corrected chi connectivity index (χ2v) is 5.28. The van der Waals surface area contributed by atoms with Crippen LogP contribution >= 0.6 is 0 Å². The molecule has 98 valence electrons. The fraction of sp³-hybridized carbons (Fsp3) is 0.600. The van der Waals surface area contributed by atoms with Gasteiger partial charge in [-0.2, -0.15) is 0 Å². The lowest BCUT2D eigenvalue weighted by atomic mass is 9.97. The zero-order chi connectivity index (χ0) is 12.4. The molecule has 3 nitrogen and oxygen atoms in total. The molecule has 2 unspecified atom stereocenters. The quantitative estimate of drug-likeness (QED) is 0.883. The van der Waals surface area contributed by atoms with Crippen molar-refractivity contribution < 1.29 is 9.84 Å². The topological polar surface area (TPSA) is 32.7 Å². The molecular weight excluding hydrogens is 226 g/mol. The number of benzene rings is 1. The maximum absolute atomic E-state index is 9.38. The fourth-order valence-corrected chi connectivity index (χ4v) is 3.18. The van der Waals surface area contributed by atoms with E-state index in [1.165, 1.54) is 17.5 Å². The van der Waals surface area contributed by atoms with Gasteiger partial charge in [-0.15, -0.1) is 0 Å². The first-order valence-corrected chi connectivity index (χ1v) is 6.93. The van der Waals surface area contributed by atoms with Crippen molar-refractivity contribution in [1.29, 1.82) is 0 Å². The highest BCUT2D eigenvalue weighted by Crippen LogP contribution is 2.29. The van der Waals surface area contributed by atoms with Crippen molar-refractivity contribution in [3.8, 4) is 0 Å². The van der Waals surface area contributed by atoms with Gasteiger partial charge in [0.1, 0.15) is 0 Å². The number of rotatable bonds is 3. The van der Waals surface area contributed by atoms with Crippen molar-refractivity contribution in [2.45, 2.75) is 31.4 Å². The van der Waals surface area contributed by atoms with E-state index in [1.54, 1.807) is 0 Å². The highest BCUT2D eigenvalue weighted by atomic mass is 16.5. The molecule has 1 fully saturated rings. The van der Waals surface area contributed by atoms with Gasteiger partial charge in [-0.3, -0.25) is 4.90 Å². The van der Waals surface area contributed by atoms with Crippen LogP contribution in [-0.4, -0.2) is 42.4 Å². The van der Waals surface area contributed by atoms with E-state index in [0.29, 0.717) is 6.04 Å². The van der Waals surface area contributed by atoms with Gasteiger partial charge < -0.3 is 9.84 Å². The molecule has 0 radical (unpaired) electrons. The molecule has 1 saturated heterocycles. The van der Waals surface area contributed by atoms with Gasteiger partial charge in [0.2, 0.25) is 0 Å². The van der Waals surface area contributed by atoms with Crippen LogP contribution in [0.1, 0.15) is 30.1 Å². The molecule has 3 heteroatoms. The first-order chi connectivity index (χ1) is 8.88. The molecule has 18 heavy (non-hydrogen) atoms. The summed E-state index contributed by atoms with van der Waals surface area (Å²) < 4.78 is 5.94. The van der Waals surface area contributed by atoms with Crippen LogP contribution in [0.15, 0.2) is 24.3 Å². The molecule has 2 aliphatic rings. The SMILES string of the molecule is OCC1CCCN1CC1OCCc2ccccc21. The molecule has 1 aromatic rings. The predicted molar refractivity (Wildman–Crippen MR) is 70.5 cm³/mol. The minimum absolute atomic E-state index is 0.182. The average molecular weight is 247 g/mol. The summed E-state index contributed by atoms with van der Waals surface area (Å²) in [4.78, 5) is 2.38. The Kier molecular flexibility index (Phi) is 3.64. The summed E-state index contributed by atoms with van der Waals surface area (Å²) >= 11 is 0. The Hall–Kier alpha value is -0.900. The van der Waals surface area contributed by atoms with Gasteiger partial charge in [-0.25, -0.2) is 0 Å². The maximum atomic E-state index is 9.38. The minimum atomic E-state index is 0.182. The minimum Gasteiger partial charge on any atom is -0.395 e. The Morgan fingerprint density at radius 2 is 2.22 bits per heavy atom. The lowest BCUT2D eigenvalue weighted by Gasteiger charge is -2.31. The highest BCUT2D eigenvalue weighted by molar-refractivity contribution is 5.31. The molecular formula is C15H21NO2. The lowest BCUT2D eigenvalue weighted by Crippen LogP contribution is -2.37. The van der Waals surface area contributed by atoms with Gasteiger partial charge in [-0.1, -0.05) is 24.3 Å². The third-order valence-electron chi connectivity index (χ3n) is 4.20. The van der Waals surface area contributed by atoms with Crippen molar-refractivity contribution >= 4 is 0 Å². The summed E-state index contributed by atoms with van der Waals surface area (Å²) in [6, 6.07) is 8.92. The van der Waals surface area contributed by atoms with Gasteiger partial charge in [0, 0.05) is 12.6 Å². The highest BCUT2D eigenvalue weighted by Gasteiger charge is 2.29. The molecule has 3 rings (SSSR count). The van der Waals surface area contributed by atoms with Gasteiger partial charge in [0.25, 0.3) is 0 Å². The van der Waals surface area contributed by atoms with Gasteiger partial charge in [0.05, 0.1) is 19.3 Å². The van der Waals surface area contributed by atoms with Crippen LogP contribution in [-0.2, 0) is 11.2 Å². The van der Waals surface area contributed by atoms with E-state index in [4.69, 9.17) is 4.74 Å². The molecule has 2 atom stereocenters. The first kappa shape index (κ1) is 12.2. The van der Waals surface area contributed by atoms with Crippen LogP contribution in [0.5, 0.6) is 0 Å². The third-order valence-corrected chi connectivity index (χ3v) is 4.20. The van der Waals surface area contributed by atoms with Crippen LogP contribution in [0.2, 0.25) is 0 Å². The molecule has 0 aliphatic carbocycles. The Morgan fingerprint density at radius 1 is 1.33 bits per heavy atom. The van der Waals surface area contributed by atoms with Crippen LogP contribution in [0.25, 0.3) is 0 Å². The van der Waals surface area contributed by atoms with E-state index in [9.17, 15) is 5.11 Å². The summed E-state index contributed by atoms with van der Waals surface area (Å²) in [5, 5.41) is 9.38. The van der Waals surface area contributed by atoms with Crippen LogP contribution in [0, 0.1) is 0 Å². The van der Waals surface area contributed by atoms with E-state index in [1.807, 2.05) is 0 Å². The second kappa shape index (κ2) is 5.39. The number of aliphatic hydroxyl groups excluding tert-OH is 1. The Morgan fingerprint density at radius 3 is 3.11 bits per heavy atom. The molecule has 0 spiro atoms. The largest absolute Gasteiger partial charge is 0.395 e. The smallest absolute Gasteiger partial charge is 0.0954 e. The predicted octanol–water partition coefficient (Wildman–Crippen LogP) is 1.76. The van der Waals surface area contributed by atoms with Crippen molar-refractivity contribution in [2.75, 3.05) is 26.3 Å². The number of fused-ring (bicyclic) bond motifs is 1. The third kappa shape index (κ3) is 2.30. The summed E-state index contributed by atoms with van der Waals surface area (Å²) in [6.45, 7) is 3.10. The molecule has 1 aromatic carbocycles. The van der Waals surface area contributed by atoms with E-state index in [2.05, 4.69) is 29.2 Å². The summed E-state index contributed by atoms with van der Waals surface area (Å²) in [6.07, 6.45) is 3.52. The van der Waals surface area contributed by atoms with E-state index in [-0.39, 0.29) is 12.7 Å². The van der Waals surface area contributed by atoms with Gasteiger partial charge in [0.15, 0.2) is 0 Å². The van der Waals surface area contributed by atoms with Crippen LogP contribution in [0.4, 0.5) is 0 Å². The monoisotopic (exact) mass is 247 g/mol. The van der Waals surface area contributed by atoms with E-state index < -0.39 is 0 Å². The summed E-state index contributed by atoms with van der Waals surface area (Å²) in [7, 11) is 0. The van der Waals surface area contributed by atoms with Crippen molar-refractivity contribution in [1.82, 2.24) is 4.90 Å². The molecule has 0 aromatic heterocycles. The molecule has 1 N–H and O–H groups in total. The number of nitrogens with zero attached hydrogens (tertiary/aromatic N) is 1. The van der Waals surface area contributed by atoms with Crippen LogP contribution in [0.3, 0.4) is 0 Å². The number of hydrogen-bond donors (Lipinski definition) is 1. The number of ether oxygens (including phenoxy) is 1. The molecule has 2 aliphatic heterocycles. The maximum Gasteiger partial charge on any atom is 0.0954 e. The molecule has 0 bridgehead atoms. The van der Waals surface area contributed by atoms with E-state index >= 15 is 0 Å². The second-order valence-electron chi connectivity index (χ2n) is 5.28. The lowest BCUT2D eigenvalue weighted by molar-refractivity contribution is 0.00801. The zero-order valence-electron chi connectivity index (χ0n) is 10.7. The first-order valence-electron chi connectivity index (χ1n) is 6.93. The summed E-state index contributed by atoms with van der Waals surface area (Å²) in [5.74, 6) is 0. The van der Waals surface area contributed by atoms with Crippen molar-refractivity contribution in [2.24, 2.45) is 0 Å².